The fraction of sp³-hybridized carbons (Fsp3) is 0.261. The van der Waals surface area contributed by atoms with Gasteiger partial charge in [0.2, 0.25) is 5.91 Å². The maximum absolute atomic E-state index is 12.8. The third-order valence-corrected chi connectivity index (χ3v) is 4.43. The third-order valence-electron chi connectivity index (χ3n) is 4.43. The van der Waals surface area contributed by atoms with Gasteiger partial charge >= 0.3 is 0 Å². The van der Waals surface area contributed by atoms with Gasteiger partial charge in [0.1, 0.15) is 11.8 Å². The number of amides is 2. The highest BCUT2D eigenvalue weighted by Crippen LogP contribution is 2.24. The molecule has 0 aliphatic rings. The third kappa shape index (κ3) is 5.47. The molecule has 1 heterocycles. The van der Waals surface area contributed by atoms with E-state index in [1.165, 1.54) is 0 Å². The fourth-order valence-corrected chi connectivity index (χ4v) is 2.97. The van der Waals surface area contributed by atoms with Crippen molar-refractivity contribution in [3.05, 3.63) is 71.9 Å². The first-order valence-electron chi connectivity index (χ1n) is 9.72. The van der Waals surface area contributed by atoms with Crippen LogP contribution in [0.1, 0.15) is 29.9 Å². The van der Waals surface area contributed by atoms with Gasteiger partial charge in [0.25, 0.3) is 5.91 Å². The van der Waals surface area contributed by atoms with Gasteiger partial charge in [-0.25, -0.2) is 0 Å². The standard InChI is InChI=1S/C23H25N3O4/c1-15(2)24-22(27)19(12-16-8-5-4-6-9-16)25-23(28)20-14-21(30-26-20)17-10-7-11-18(13-17)29-3/h4-11,13-15,19H,12H2,1-3H3,(H,24,27)(H,25,28)/t19-/m1/s1. The second kappa shape index (κ2) is 9.73. The average Bonchev–Trinajstić information content (AvgIpc) is 3.24. The molecule has 0 bridgehead atoms. The molecule has 3 rings (SSSR count). The maximum atomic E-state index is 12.8. The Labute approximate surface area is 175 Å². The number of methoxy groups -OCH3 is 1. The van der Waals surface area contributed by atoms with Crippen molar-refractivity contribution >= 4 is 11.8 Å². The van der Waals surface area contributed by atoms with Crippen LogP contribution in [-0.2, 0) is 11.2 Å². The van der Waals surface area contributed by atoms with Gasteiger partial charge in [-0.15, -0.1) is 0 Å². The van der Waals surface area contributed by atoms with E-state index in [1.807, 2.05) is 62.4 Å². The highest BCUT2D eigenvalue weighted by Gasteiger charge is 2.24. The normalized spacial score (nSPS) is 11.7. The minimum Gasteiger partial charge on any atom is -0.497 e. The van der Waals surface area contributed by atoms with Crippen molar-refractivity contribution in [1.82, 2.24) is 15.8 Å². The number of nitrogens with one attached hydrogen (secondary N) is 2. The van der Waals surface area contributed by atoms with Crippen LogP contribution in [0.25, 0.3) is 11.3 Å². The zero-order chi connectivity index (χ0) is 21.5. The molecule has 156 valence electrons. The van der Waals surface area contributed by atoms with Gasteiger partial charge in [-0.3, -0.25) is 9.59 Å². The van der Waals surface area contributed by atoms with Gasteiger partial charge in [-0.2, -0.15) is 0 Å². The summed E-state index contributed by atoms with van der Waals surface area (Å²) < 4.78 is 10.5. The topological polar surface area (TPSA) is 93.5 Å². The van der Waals surface area contributed by atoms with Crippen LogP contribution in [0.2, 0.25) is 0 Å². The van der Waals surface area contributed by atoms with E-state index in [0.717, 1.165) is 11.1 Å². The number of nitrogens with zero attached hydrogens (tertiary/aromatic N) is 1. The smallest absolute Gasteiger partial charge is 0.274 e. The molecule has 0 saturated carbocycles. The molecule has 30 heavy (non-hydrogen) atoms. The number of aromatic nitrogens is 1. The van der Waals surface area contributed by atoms with Gasteiger partial charge in [-0.1, -0.05) is 47.6 Å². The van der Waals surface area contributed by atoms with Crippen molar-refractivity contribution < 1.29 is 18.8 Å². The zero-order valence-corrected chi connectivity index (χ0v) is 17.2. The van der Waals surface area contributed by atoms with Crippen LogP contribution >= 0.6 is 0 Å². The Hall–Kier alpha value is -3.61. The van der Waals surface area contributed by atoms with Gasteiger partial charge in [-0.05, 0) is 31.5 Å². The lowest BCUT2D eigenvalue weighted by atomic mass is 10.0. The molecule has 7 nitrogen and oxygen atoms in total. The van der Waals surface area contributed by atoms with Gasteiger partial charge < -0.3 is 19.9 Å². The Morgan fingerprint density at radius 3 is 2.50 bits per heavy atom. The molecule has 1 atom stereocenters. The summed E-state index contributed by atoms with van der Waals surface area (Å²) in [5, 5.41) is 9.50. The van der Waals surface area contributed by atoms with E-state index < -0.39 is 11.9 Å². The number of rotatable bonds is 8. The second-order valence-electron chi connectivity index (χ2n) is 7.19. The summed E-state index contributed by atoms with van der Waals surface area (Å²) >= 11 is 0. The number of carbonyl (C=O) groups excluding carboxylic acids is 2. The van der Waals surface area contributed by atoms with Crippen molar-refractivity contribution in [2.24, 2.45) is 0 Å². The van der Waals surface area contributed by atoms with E-state index in [9.17, 15) is 9.59 Å². The molecule has 0 spiro atoms. The Kier molecular flexibility index (Phi) is 6.85. The summed E-state index contributed by atoms with van der Waals surface area (Å²) in [7, 11) is 1.58. The summed E-state index contributed by atoms with van der Waals surface area (Å²) in [6.07, 6.45) is 0.367. The Morgan fingerprint density at radius 2 is 1.80 bits per heavy atom. The van der Waals surface area contributed by atoms with E-state index in [0.29, 0.717) is 17.9 Å². The molecule has 3 aromatic rings. The van der Waals surface area contributed by atoms with Gasteiger partial charge in [0.15, 0.2) is 11.5 Å². The van der Waals surface area contributed by atoms with Crippen molar-refractivity contribution in [1.29, 1.82) is 0 Å². The summed E-state index contributed by atoms with van der Waals surface area (Å²) in [6, 6.07) is 17.5. The zero-order valence-electron chi connectivity index (χ0n) is 17.2. The minimum absolute atomic E-state index is 0.0422. The van der Waals surface area contributed by atoms with Crippen molar-refractivity contribution in [2.75, 3.05) is 7.11 Å². The molecule has 1 aromatic heterocycles. The van der Waals surface area contributed by atoms with Crippen LogP contribution in [0.5, 0.6) is 5.75 Å². The largest absolute Gasteiger partial charge is 0.497 e. The number of ether oxygens (including phenoxy) is 1. The lowest BCUT2D eigenvalue weighted by molar-refractivity contribution is -0.123. The molecule has 0 unspecified atom stereocenters. The summed E-state index contributed by atoms with van der Waals surface area (Å²) in [5.41, 5.74) is 1.78. The molecule has 2 N–H and O–H groups in total. The number of hydrogen-bond acceptors (Lipinski definition) is 5. The van der Waals surface area contributed by atoms with Crippen molar-refractivity contribution in [3.8, 4) is 17.1 Å². The molecule has 7 heteroatoms. The van der Waals surface area contributed by atoms with E-state index >= 15 is 0 Å². The first-order chi connectivity index (χ1) is 14.5. The van der Waals surface area contributed by atoms with E-state index in [-0.39, 0.29) is 17.6 Å². The lowest BCUT2D eigenvalue weighted by Crippen LogP contribution is -2.49. The minimum atomic E-state index is -0.737. The predicted molar refractivity (Wildman–Crippen MR) is 113 cm³/mol. The summed E-state index contributed by atoms with van der Waals surface area (Å²) in [4.78, 5) is 25.4. The molecule has 0 fully saturated rings. The van der Waals surface area contributed by atoms with Crippen LogP contribution in [0.15, 0.2) is 65.2 Å². The Morgan fingerprint density at radius 1 is 1.03 bits per heavy atom. The van der Waals surface area contributed by atoms with E-state index in [4.69, 9.17) is 9.26 Å². The van der Waals surface area contributed by atoms with Crippen LogP contribution in [0.3, 0.4) is 0 Å². The predicted octanol–water partition coefficient (Wildman–Crippen LogP) is 3.22. The highest BCUT2D eigenvalue weighted by atomic mass is 16.5. The first kappa shape index (κ1) is 21.1. The van der Waals surface area contributed by atoms with Crippen LogP contribution in [-0.4, -0.2) is 36.2 Å². The number of carbonyl (C=O) groups is 2. The fourth-order valence-electron chi connectivity index (χ4n) is 2.97. The summed E-state index contributed by atoms with van der Waals surface area (Å²) in [5.74, 6) is 0.375. The molecule has 2 amide bonds. The van der Waals surface area contributed by atoms with Crippen LogP contribution < -0.4 is 15.4 Å². The molecule has 0 aliphatic heterocycles. The van der Waals surface area contributed by atoms with Crippen LogP contribution in [0, 0.1) is 0 Å². The SMILES string of the molecule is COc1cccc(-c2cc(C(=O)N[C@H](Cc3ccccc3)C(=O)NC(C)C)no2)c1. The van der Waals surface area contributed by atoms with E-state index in [2.05, 4.69) is 15.8 Å². The van der Waals surface area contributed by atoms with Gasteiger partial charge in [0, 0.05) is 24.1 Å². The highest BCUT2D eigenvalue weighted by molar-refractivity contribution is 5.96. The molecular weight excluding hydrogens is 382 g/mol. The number of benzene rings is 2. The number of hydrogen-bond donors (Lipinski definition) is 2. The first-order valence-corrected chi connectivity index (χ1v) is 9.72. The molecule has 2 aromatic carbocycles. The summed E-state index contributed by atoms with van der Waals surface area (Å²) in [6.45, 7) is 3.74. The average molecular weight is 407 g/mol. The monoisotopic (exact) mass is 407 g/mol. The Balaban J connectivity index is 1.76. The molecule has 0 aliphatic carbocycles. The van der Waals surface area contributed by atoms with Crippen molar-refractivity contribution in [3.63, 3.8) is 0 Å². The van der Waals surface area contributed by atoms with Crippen LogP contribution in [0.4, 0.5) is 0 Å². The van der Waals surface area contributed by atoms with E-state index in [1.54, 1.807) is 19.2 Å². The molecule has 0 saturated heterocycles. The second-order valence-corrected chi connectivity index (χ2v) is 7.19. The molecule has 0 radical (unpaired) electrons. The molecular formula is C23H25N3O4. The lowest BCUT2D eigenvalue weighted by Gasteiger charge is -2.19. The van der Waals surface area contributed by atoms with Crippen molar-refractivity contribution in [2.45, 2.75) is 32.4 Å². The quantitative estimate of drug-likeness (QED) is 0.598. The maximum Gasteiger partial charge on any atom is 0.274 e. The van der Waals surface area contributed by atoms with Gasteiger partial charge in [0.05, 0.1) is 7.11 Å². The Bertz CT molecular complexity index is 998.